The quantitative estimate of drug-likeness (QED) is 0.361. The standard InChI is InChI=1S/C26H29ClN4O3S/c1-17-13-30(15-22(32)16-33-23-7-8-26-24(12-23)28-18(2)35-26)9-10-31(17)14-21-11-25(34-29-21)19-3-5-20(27)6-4-19/h3-8,11-12,17,22,32H,9-10,13-16H2,1-2H3/t17-,22+/m0/s1. The van der Waals surface area contributed by atoms with Crippen molar-refractivity contribution in [1.82, 2.24) is 19.9 Å². The predicted molar refractivity (Wildman–Crippen MR) is 139 cm³/mol. The van der Waals surface area contributed by atoms with Crippen LogP contribution in [0, 0.1) is 6.92 Å². The summed E-state index contributed by atoms with van der Waals surface area (Å²) in [4.78, 5) is 9.20. The fraction of sp³-hybridized carbons (Fsp3) is 0.385. The second-order valence-corrected chi connectivity index (χ2v) is 10.8. The van der Waals surface area contributed by atoms with Crippen molar-refractivity contribution in [3.05, 3.63) is 64.3 Å². The molecule has 2 aromatic heterocycles. The van der Waals surface area contributed by atoms with Gasteiger partial charge in [-0.25, -0.2) is 4.98 Å². The number of aromatic nitrogens is 2. The van der Waals surface area contributed by atoms with Crippen LogP contribution in [0.4, 0.5) is 0 Å². The molecule has 1 aliphatic rings. The van der Waals surface area contributed by atoms with Crippen molar-refractivity contribution >= 4 is 33.2 Å². The molecule has 5 rings (SSSR count). The van der Waals surface area contributed by atoms with Crippen LogP contribution in [0.15, 0.2) is 53.1 Å². The van der Waals surface area contributed by atoms with E-state index in [-0.39, 0.29) is 6.61 Å². The molecule has 3 heterocycles. The summed E-state index contributed by atoms with van der Waals surface area (Å²) in [6, 6.07) is 15.8. The van der Waals surface area contributed by atoms with Crippen molar-refractivity contribution in [3.63, 3.8) is 0 Å². The number of aliphatic hydroxyl groups excluding tert-OH is 1. The van der Waals surface area contributed by atoms with E-state index in [1.807, 2.05) is 55.5 Å². The van der Waals surface area contributed by atoms with Gasteiger partial charge in [-0.15, -0.1) is 11.3 Å². The van der Waals surface area contributed by atoms with E-state index >= 15 is 0 Å². The van der Waals surface area contributed by atoms with E-state index in [1.165, 1.54) is 0 Å². The number of nitrogens with zero attached hydrogens (tertiary/aromatic N) is 4. The highest BCUT2D eigenvalue weighted by Crippen LogP contribution is 2.26. The zero-order valence-electron chi connectivity index (χ0n) is 19.9. The SMILES string of the molecule is Cc1nc2cc(OC[C@H](O)CN3CCN(Cc4cc(-c5ccc(Cl)cc5)on4)[C@@H](C)C3)ccc2s1. The molecule has 0 saturated carbocycles. The van der Waals surface area contributed by atoms with Crippen LogP contribution < -0.4 is 4.74 Å². The Labute approximate surface area is 213 Å². The van der Waals surface area contributed by atoms with E-state index < -0.39 is 6.10 Å². The summed E-state index contributed by atoms with van der Waals surface area (Å²) in [6.07, 6.45) is -0.556. The van der Waals surface area contributed by atoms with Crippen LogP contribution >= 0.6 is 22.9 Å². The minimum atomic E-state index is -0.556. The maximum atomic E-state index is 10.6. The van der Waals surface area contributed by atoms with Gasteiger partial charge in [-0.2, -0.15) is 0 Å². The normalized spacial score (nSPS) is 18.2. The van der Waals surface area contributed by atoms with Crippen LogP contribution in [0.2, 0.25) is 5.02 Å². The minimum Gasteiger partial charge on any atom is -0.491 e. The summed E-state index contributed by atoms with van der Waals surface area (Å²) in [6.45, 7) is 8.45. The molecule has 2 aromatic carbocycles. The largest absolute Gasteiger partial charge is 0.491 e. The van der Waals surface area contributed by atoms with Gasteiger partial charge in [0.25, 0.3) is 0 Å². The number of hydrogen-bond donors (Lipinski definition) is 1. The summed E-state index contributed by atoms with van der Waals surface area (Å²) < 4.78 is 12.5. The molecule has 1 fully saturated rings. The Kier molecular flexibility index (Phi) is 7.36. The van der Waals surface area contributed by atoms with Gasteiger partial charge in [-0.05, 0) is 50.2 Å². The molecule has 2 atom stereocenters. The number of ether oxygens (including phenoxy) is 1. The molecule has 0 aliphatic carbocycles. The van der Waals surface area contributed by atoms with E-state index in [1.54, 1.807) is 11.3 Å². The molecule has 35 heavy (non-hydrogen) atoms. The monoisotopic (exact) mass is 512 g/mol. The first-order valence-electron chi connectivity index (χ1n) is 11.8. The van der Waals surface area contributed by atoms with Crippen LogP contribution in [0.3, 0.4) is 0 Å². The summed E-state index contributed by atoms with van der Waals surface area (Å²) in [5, 5.41) is 16.6. The Bertz CT molecular complexity index is 1280. The number of hydrogen-bond acceptors (Lipinski definition) is 8. The van der Waals surface area contributed by atoms with Crippen molar-refractivity contribution in [3.8, 4) is 17.1 Å². The number of piperazine rings is 1. The molecule has 0 unspecified atom stereocenters. The summed E-state index contributed by atoms with van der Waals surface area (Å²) >= 11 is 7.65. The minimum absolute atomic E-state index is 0.260. The second-order valence-electron chi connectivity index (χ2n) is 9.10. The van der Waals surface area contributed by atoms with Gasteiger partial charge in [0.1, 0.15) is 18.5 Å². The smallest absolute Gasteiger partial charge is 0.167 e. The zero-order chi connectivity index (χ0) is 24.4. The van der Waals surface area contributed by atoms with Crippen LogP contribution in [0.5, 0.6) is 5.75 Å². The molecule has 0 radical (unpaired) electrons. The van der Waals surface area contributed by atoms with Crippen molar-refractivity contribution < 1.29 is 14.4 Å². The summed E-state index contributed by atoms with van der Waals surface area (Å²) in [5.41, 5.74) is 2.82. The number of β-amino-alcohol motifs (C(OH)–C–C–N with tert-alkyl or cyclic N) is 1. The van der Waals surface area contributed by atoms with Gasteiger partial charge in [0.15, 0.2) is 5.76 Å². The number of halogens is 1. The lowest BCUT2D eigenvalue weighted by molar-refractivity contribution is 0.0250. The number of fused-ring (bicyclic) bond motifs is 1. The van der Waals surface area contributed by atoms with E-state index in [4.69, 9.17) is 20.9 Å². The first-order chi connectivity index (χ1) is 16.9. The van der Waals surface area contributed by atoms with E-state index in [0.717, 1.165) is 64.2 Å². The predicted octanol–water partition coefficient (Wildman–Crippen LogP) is 4.86. The number of aryl methyl sites for hydroxylation is 1. The average molecular weight is 513 g/mol. The Balaban J connectivity index is 1.09. The third-order valence-electron chi connectivity index (χ3n) is 6.28. The van der Waals surface area contributed by atoms with Crippen molar-refractivity contribution in [1.29, 1.82) is 0 Å². The number of rotatable bonds is 8. The average Bonchev–Trinajstić information content (AvgIpc) is 3.45. The number of aliphatic hydroxyl groups is 1. The Hall–Kier alpha value is -2.49. The fourth-order valence-electron chi connectivity index (χ4n) is 4.47. The summed E-state index contributed by atoms with van der Waals surface area (Å²) in [5.74, 6) is 1.49. The molecule has 1 N–H and O–H groups in total. The van der Waals surface area contributed by atoms with Gasteiger partial charge in [0.05, 0.1) is 20.9 Å². The van der Waals surface area contributed by atoms with Gasteiger partial charge in [0.2, 0.25) is 0 Å². The Morgan fingerprint density at radius 3 is 2.83 bits per heavy atom. The maximum absolute atomic E-state index is 10.6. The molecule has 0 amide bonds. The first-order valence-corrected chi connectivity index (χ1v) is 13.0. The van der Waals surface area contributed by atoms with E-state index in [2.05, 4.69) is 26.9 Å². The molecule has 1 saturated heterocycles. The topological polar surface area (TPSA) is 74.9 Å². The summed E-state index contributed by atoms with van der Waals surface area (Å²) in [7, 11) is 0. The molecule has 0 spiro atoms. The van der Waals surface area contributed by atoms with E-state index in [9.17, 15) is 5.11 Å². The first kappa shape index (κ1) is 24.2. The molecule has 9 heteroatoms. The maximum Gasteiger partial charge on any atom is 0.167 e. The highest BCUT2D eigenvalue weighted by Gasteiger charge is 2.26. The van der Waals surface area contributed by atoms with Gasteiger partial charge < -0.3 is 14.4 Å². The lowest BCUT2D eigenvalue weighted by atomic mass is 10.1. The molecule has 184 valence electrons. The molecule has 7 nitrogen and oxygen atoms in total. The highest BCUT2D eigenvalue weighted by molar-refractivity contribution is 7.18. The molecule has 4 aromatic rings. The number of thiazole rings is 1. The second kappa shape index (κ2) is 10.6. The molecule has 0 bridgehead atoms. The molecule has 1 aliphatic heterocycles. The third kappa shape index (κ3) is 6.02. The lowest BCUT2D eigenvalue weighted by Gasteiger charge is -2.40. The highest BCUT2D eigenvalue weighted by atomic mass is 35.5. The third-order valence-corrected chi connectivity index (χ3v) is 7.48. The zero-order valence-corrected chi connectivity index (χ0v) is 21.4. The Morgan fingerprint density at radius 1 is 1.20 bits per heavy atom. The molecular formula is C26H29ClN4O3S. The van der Waals surface area contributed by atoms with Gasteiger partial charge in [-0.1, -0.05) is 16.8 Å². The fourth-order valence-corrected chi connectivity index (χ4v) is 5.40. The van der Waals surface area contributed by atoms with Crippen LogP contribution in [0.25, 0.3) is 21.5 Å². The van der Waals surface area contributed by atoms with Crippen LogP contribution in [-0.2, 0) is 6.54 Å². The van der Waals surface area contributed by atoms with E-state index in [0.29, 0.717) is 17.6 Å². The number of benzene rings is 2. The van der Waals surface area contributed by atoms with Crippen LogP contribution in [-0.4, -0.2) is 70.0 Å². The van der Waals surface area contributed by atoms with Crippen molar-refractivity contribution in [2.75, 3.05) is 32.8 Å². The van der Waals surface area contributed by atoms with Gasteiger partial charge in [-0.3, -0.25) is 9.80 Å². The van der Waals surface area contributed by atoms with Gasteiger partial charge in [0, 0.05) is 61.5 Å². The Morgan fingerprint density at radius 2 is 2.03 bits per heavy atom. The van der Waals surface area contributed by atoms with Crippen molar-refractivity contribution in [2.24, 2.45) is 0 Å². The van der Waals surface area contributed by atoms with Crippen molar-refractivity contribution in [2.45, 2.75) is 32.5 Å². The lowest BCUT2D eigenvalue weighted by Crippen LogP contribution is -2.53. The molecular weight excluding hydrogens is 484 g/mol. The van der Waals surface area contributed by atoms with Crippen LogP contribution in [0.1, 0.15) is 17.6 Å². The van der Waals surface area contributed by atoms with Gasteiger partial charge >= 0.3 is 0 Å².